The summed E-state index contributed by atoms with van der Waals surface area (Å²) in [6, 6.07) is 10.5. The second kappa shape index (κ2) is 11.8. The van der Waals surface area contributed by atoms with Gasteiger partial charge in [-0.1, -0.05) is 43.5 Å². The minimum Gasteiger partial charge on any atom is -0.106 e. The van der Waals surface area contributed by atoms with Crippen LogP contribution in [0.2, 0.25) is 0 Å². The molecule has 0 amide bonds. The first kappa shape index (κ1) is 19.0. The maximum atomic E-state index is 3.95. The summed E-state index contributed by atoms with van der Waals surface area (Å²) in [6.07, 6.45) is 12.2. The molecule has 0 radical (unpaired) electrons. The van der Waals surface area contributed by atoms with Crippen molar-refractivity contribution in [2.75, 3.05) is 0 Å². The highest BCUT2D eigenvalue weighted by atomic mass is 32.2. The Morgan fingerprint density at radius 3 is 1.95 bits per heavy atom. The second-order valence-electron chi connectivity index (χ2n) is 3.81. The average molecular weight is 297 g/mol. The second-order valence-corrected chi connectivity index (χ2v) is 5.84. The molecule has 110 valence electrons. The van der Waals surface area contributed by atoms with Gasteiger partial charge in [0.1, 0.15) is 0 Å². The topological polar surface area (TPSA) is 0 Å². The third-order valence-corrected chi connectivity index (χ3v) is 4.98. The molecule has 0 saturated carbocycles. The van der Waals surface area contributed by atoms with E-state index in [1.54, 1.807) is 0 Å². The Balaban J connectivity index is 0.00000191. The van der Waals surface area contributed by atoms with Crippen LogP contribution in [0.15, 0.2) is 108 Å². The normalized spacial score (nSPS) is 13.2. The lowest BCUT2D eigenvalue weighted by Crippen LogP contribution is -2.06. The van der Waals surface area contributed by atoms with Gasteiger partial charge in [-0.15, -0.1) is 13.2 Å². The Morgan fingerprint density at radius 2 is 1.52 bits per heavy atom. The lowest BCUT2D eigenvalue weighted by atomic mass is 10.4. The predicted octanol–water partition coefficient (Wildman–Crippen LogP) is 6.20. The SMILES string of the molecule is C=C.C=C/C(=C\C)[S+](/C(C=C)=C/C=C\C)c1ccccc1. The third-order valence-electron chi connectivity index (χ3n) is 2.59. The fourth-order valence-corrected chi connectivity index (χ4v) is 3.72. The molecule has 1 aromatic rings. The molecule has 0 fully saturated rings. The highest BCUT2D eigenvalue weighted by Gasteiger charge is 2.28. The lowest BCUT2D eigenvalue weighted by molar-refractivity contribution is 1.45. The number of benzene rings is 1. The number of rotatable bonds is 6. The van der Waals surface area contributed by atoms with E-state index in [0.717, 1.165) is 0 Å². The third kappa shape index (κ3) is 5.88. The molecule has 1 unspecified atom stereocenters. The van der Waals surface area contributed by atoms with E-state index in [1.165, 1.54) is 14.7 Å². The highest BCUT2D eigenvalue weighted by Crippen LogP contribution is 2.30. The summed E-state index contributed by atoms with van der Waals surface area (Å²) in [5.41, 5.74) is 0. The molecule has 0 aliphatic carbocycles. The van der Waals surface area contributed by atoms with Crippen molar-refractivity contribution in [3.63, 3.8) is 0 Å². The van der Waals surface area contributed by atoms with E-state index in [4.69, 9.17) is 0 Å². The van der Waals surface area contributed by atoms with Crippen LogP contribution in [-0.2, 0) is 10.9 Å². The molecular weight excluding hydrogens is 272 g/mol. The van der Waals surface area contributed by atoms with Crippen LogP contribution in [0.3, 0.4) is 0 Å². The van der Waals surface area contributed by atoms with Gasteiger partial charge in [-0.25, -0.2) is 0 Å². The van der Waals surface area contributed by atoms with Crippen LogP contribution in [-0.4, -0.2) is 0 Å². The Labute approximate surface area is 132 Å². The minimum absolute atomic E-state index is 0.130. The van der Waals surface area contributed by atoms with Crippen molar-refractivity contribution in [2.24, 2.45) is 0 Å². The molecule has 21 heavy (non-hydrogen) atoms. The van der Waals surface area contributed by atoms with Crippen molar-refractivity contribution < 1.29 is 0 Å². The van der Waals surface area contributed by atoms with Gasteiger partial charge in [0.15, 0.2) is 14.7 Å². The number of hydrogen-bond donors (Lipinski definition) is 0. The largest absolute Gasteiger partial charge is 0.166 e. The zero-order valence-electron chi connectivity index (χ0n) is 13.1. The zero-order chi connectivity index (χ0) is 16.1. The van der Waals surface area contributed by atoms with Crippen molar-refractivity contribution in [3.8, 4) is 0 Å². The molecule has 0 aliphatic rings. The van der Waals surface area contributed by atoms with Gasteiger partial charge in [0, 0.05) is 0 Å². The maximum Gasteiger partial charge on any atom is 0.166 e. The molecule has 1 heteroatoms. The Morgan fingerprint density at radius 1 is 0.952 bits per heavy atom. The van der Waals surface area contributed by atoms with Gasteiger partial charge >= 0.3 is 0 Å². The van der Waals surface area contributed by atoms with Crippen LogP contribution >= 0.6 is 0 Å². The van der Waals surface area contributed by atoms with Gasteiger partial charge in [-0.05, 0) is 50.3 Å². The molecule has 0 heterocycles. The van der Waals surface area contributed by atoms with E-state index >= 15 is 0 Å². The molecular formula is C20H25S+. The summed E-state index contributed by atoms with van der Waals surface area (Å²) in [4.78, 5) is 3.71. The fourth-order valence-electron chi connectivity index (χ4n) is 1.69. The summed E-state index contributed by atoms with van der Waals surface area (Å²) in [5.74, 6) is 0. The quantitative estimate of drug-likeness (QED) is 0.333. The van der Waals surface area contributed by atoms with Crippen LogP contribution in [0.5, 0.6) is 0 Å². The first-order valence-corrected chi connectivity index (χ1v) is 8.04. The fraction of sp³-hybridized carbons (Fsp3) is 0.100. The van der Waals surface area contributed by atoms with Crippen molar-refractivity contribution in [1.82, 2.24) is 0 Å². The van der Waals surface area contributed by atoms with E-state index in [-0.39, 0.29) is 10.9 Å². The lowest BCUT2D eigenvalue weighted by Gasteiger charge is -2.08. The highest BCUT2D eigenvalue weighted by molar-refractivity contribution is 8.04. The molecule has 1 aromatic carbocycles. The number of hydrogen-bond acceptors (Lipinski definition) is 0. The van der Waals surface area contributed by atoms with Gasteiger partial charge in [0.05, 0.1) is 10.9 Å². The summed E-state index contributed by atoms with van der Waals surface area (Å²) < 4.78 is 0. The molecule has 1 rings (SSSR count). The molecule has 0 spiro atoms. The van der Waals surface area contributed by atoms with Gasteiger partial charge in [0.2, 0.25) is 0 Å². The smallest absolute Gasteiger partial charge is 0.106 e. The Kier molecular flexibility index (Phi) is 10.7. The van der Waals surface area contributed by atoms with Crippen molar-refractivity contribution >= 4 is 10.9 Å². The first-order chi connectivity index (χ1) is 10.3. The maximum absolute atomic E-state index is 3.95. The van der Waals surface area contributed by atoms with Crippen LogP contribution in [0.1, 0.15) is 13.8 Å². The van der Waals surface area contributed by atoms with E-state index in [0.29, 0.717) is 0 Å². The standard InChI is InChI=1S/C18H21S.C2H4/c1-5-9-13-17(8-4)19(16(6-2)7-3)18-14-11-10-12-15-18;1-2/h5-15H,2,4H2,1,3H3;1-2H2/q+1;/b9-5-,16-7+,17-13+;. The summed E-state index contributed by atoms with van der Waals surface area (Å²) in [7, 11) is -0.130. The Bertz CT molecular complexity index is 518. The molecule has 0 bridgehead atoms. The summed E-state index contributed by atoms with van der Waals surface area (Å²) >= 11 is 0. The molecule has 0 aromatic heterocycles. The van der Waals surface area contributed by atoms with Crippen LogP contribution in [0.25, 0.3) is 0 Å². The van der Waals surface area contributed by atoms with E-state index in [1.807, 2.05) is 31.2 Å². The van der Waals surface area contributed by atoms with Gasteiger partial charge < -0.3 is 0 Å². The van der Waals surface area contributed by atoms with Crippen molar-refractivity contribution in [2.45, 2.75) is 18.7 Å². The molecule has 0 N–H and O–H groups in total. The molecule has 1 atom stereocenters. The van der Waals surface area contributed by atoms with Crippen molar-refractivity contribution in [3.05, 3.63) is 103 Å². The van der Waals surface area contributed by atoms with Crippen LogP contribution in [0, 0.1) is 0 Å². The summed E-state index contributed by atoms with van der Waals surface area (Å²) in [5, 5.41) is 0. The zero-order valence-corrected chi connectivity index (χ0v) is 13.9. The minimum atomic E-state index is -0.130. The summed E-state index contributed by atoms with van der Waals surface area (Å²) in [6.45, 7) is 18.0. The van der Waals surface area contributed by atoms with E-state index in [2.05, 4.69) is 75.7 Å². The average Bonchev–Trinajstić information content (AvgIpc) is 2.57. The van der Waals surface area contributed by atoms with E-state index in [9.17, 15) is 0 Å². The van der Waals surface area contributed by atoms with Gasteiger partial charge in [-0.2, -0.15) is 0 Å². The van der Waals surface area contributed by atoms with Gasteiger partial charge in [-0.3, -0.25) is 0 Å². The molecule has 0 aliphatic heterocycles. The molecule has 0 nitrogen and oxygen atoms in total. The number of allylic oxidation sites excluding steroid dienone is 6. The Hall–Kier alpha value is -1.99. The molecule has 0 saturated heterocycles. The van der Waals surface area contributed by atoms with Crippen LogP contribution in [0.4, 0.5) is 0 Å². The van der Waals surface area contributed by atoms with E-state index < -0.39 is 0 Å². The predicted molar refractivity (Wildman–Crippen MR) is 100 cm³/mol. The monoisotopic (exact) mass is 297 g/mol. The van der Waals surface area contributed by atoms with Crippen molar-refractivity contribution in [1.29, 1.82) is 0 Å². The van der Waals surface area contributed by atoms with Gasteiger partial charge in [0.25, 0.3) is 0 Å². The first-order valence-electron chi connectivity index (χ1n) is 6.82. The van der Waals surface area contributed by atoms with Crippen LogP contribution < -0.4 is 0 Å².